The number of nitrogens with zero attached hydrogens (tertiary/aromatic N) is 3. The predicted molar refractivity (Wildman–Crippen MR) is 395 cm³/mol. The molecule has 7 aliphatic rings. The standard InChI is InChI=1S/C88H96BN3/c1-80(2,3)54-31-34-57(35-32-54)90(58-36-37-67-62(48-58)60-29-23-24-30-66(60)85(67,14)15)59-49-63-64-46-56(82(7,8)9)47-72-78(64)92(88(19)42-26-25-41-87(72,88)18)89-73-39-38-68-76(65-51-70-71(52-69(65)86(68,16)17)84(12,13)44-43-83(70,10)11)79(73)91(75(50-59)77(63)89)74-40-33-55(81(4,5)6)45-61(74)53-27-21-20-22-28-53/h20-24,27-40,45-52H,25-26,41-44H2,1-19H3. The molecule has 0 N–H and O–H groups in total. The molecule has 1 saturated carbocycles. The monoisotopic (exact) mass is 1210 g/mol. The summed E-state index contributed by atoms with van der Waals surface area (Å²) in [5.74, 6) is 0. The van der Waals surface area contributed by atoms with E-state index in [1.54, 1.807) is 5.56 Å². The van der Waals surface area contributed by atoms with Crippen LogP contribution in [0.15, 0.2) is 164 Å². The molecule has 4 aliphatic carbocycles. The minimum absolute atomic E-state index is 0.0163. The van der Waals surface area contributed by atoms with Crippen molar-refractivity contribution in [3.63, 3.8) is 0 Å². The van der Waals surface area contributed by atoms with Gasteiger partial charge in [-0.2, -0.15) is 0 Å². The van der Waals surface area contributed by atoms with Crippen molar-refractivity contribution in [1.82, 2.24) is 0 Å². The summed E-state index contributed by atoms with van der Waals surface area (Å²) in [4.78, 5) is 8.55. The van der Waals surface area contributed by atoms with Gasteiger partial charge >= 0.3 is 6.85 Å². The number of hydrogen-bond acceptors (Lipinski definition) is 3. The molecule has 1 fully saturated rings. The summed E-state index contributed by atoms with van der Waals surface area (Å²) < 4.78 is 0. The van der Waals surface area contributed by atoms with Crippen LogP contribution >= 0.6 is 0 Å². The first-order chi connectivity index (χ1) is 43.3. The number of benzene rings is 9. The smallest absolute Gasteiger partial charge is 0.328 e. The Morgan fingerprint density at radius 3 is 1.66 bits per heavy atom. The Morgan fingerprint density at radius 1 is 0.380 bits per heavy atom. The second-order valence-electron chi connectivity index (χ2n) is 35.2. The van der Waals surface area contributed by atoms with Crippen molar-refractivity contribution < 1.29 is 0 Å². The van der Waals surface area contributed by atoms with Crippen molar-refractivity contribution in [2.75, 3.05) is 14.6 Å². The van der Waals surface area contributed by atoms with Crippen LogP contribution in [0.4, 0.5) is 39.8 Å². The first kappa shape index (κ1) is 59.5. The van der Waals surface area contributed by atoms with E-state index in [1.165, 1.54) is 154 Å². The van der Waals surface area contributed by atoms with Gasteiger partial charge in [0.05, 0.1) is 11.4 Å². The molecular weight excluding hydrogens is 1110 g/mol. The van der Waals surface area contributed by atoms with Gasteiger partial charge in [0.1, 0.15) is 0 Å². The Kier molecular flexibility index (Phi) is 12.3. The maximum Gasteiger partial charge on any atom is 0.328 e. The Bertz CT molecular complexity index is 4630. The molecule has 2 unspecified atom stereocenters. The molecule has 92 heavy (non-hydrogen) atoms. The maximum absolute atomic E-state index is 3.07. The van der Waals surface area contributed by atoms with E-state index >= 15 is 0 Å². The summed E-state index contributed by atoms with van der Waals surface area (Å²) in [6.07, 6.45) is 7.11. The van der Waals surface area contributed by atoms with Crippen LogP contribution in [-0.2, 0) is 43.3 Å². The van der Waals surface area contributed by atoms with Crippen LogP contribution in [0.3, 0.4) is 0 Å². The predicted octanol–water partition coefficient (Wildman–Crippen LogP) is 22.7. The lowest BCUT2D eigenvalue weighted by Crippen LogP contribution is -2.70. The van der Waals surface area contributed by atoms with Gasteiger partial charge in [-0.3, -0.25) is 0 Å². The van der Waals surface area contributed by atoms with E-state index in [0.717, 1.165) is 29.9 Å². The number of fused-ring (bicyclic) bond motifs is 15. The molecule has 2 atom stereocenters. The van der Waals surface area contributed by atoms with E-state index in [0.29, 0.717) is 0 Å². The lowest BCUT2D eigenvalue weighted by molar-refractivity contribution is 0.199. The summed E-state index contributed by atoms with van der Waals surface area (Å²) in [7, 11) is 0. The molecule has 0 amide bonds. The third-order valence-electron chi connectivity index (χ3n) is 24.9. The van der Waals surface area contributed by atoms with Gasteiger partial charge in [0.2, 0.25) is 0 Å². The Hall–Kier alpha value is -7.56. The summed E-state index contributed by atoms with van der Waals surface area (Å²) in [5, 5.41) is 0. The Balaban J connectivity index is 1.09. The van der Waals surface area contributed by atoms with Gasteiger partial charge in [-0.25, -0.2) is 0 Å². The quantitative estimate of drug-likeness (QED) is 0.159. The van der Waals surface area contributed by atoms with E-state index in [4.69, 9.17) is 0 Å². The summed E-state index contributed by atoms with van der Waals surface area (Å²) in [5.41, 5.74) is 35.8. The van der Waals surface area contributed by atoms with Gasteiger partial charge < -0.3 is 14.6 Å². The summed E-state index contributed by atoms with van der Waals surface area (Å²) >= 11 is 0. The molecule has 9 aromatic carbocycles. The van der Waals surface area contributed by atoms with Crippen LogP contribution in [0, 0.1) is 0 Å². The molecule has 466 valence electrons. The molecule has 0 spiro atoms. The topological polar surface area (TPSA) is 9.72 Å². The molecular formula is C88H96BN3. The Labute approximate surface area is 551 Å². The lowest BCUT2D eigenvalue weighted by Gasteiger charge is -2.55. The normalized spacial score (nSPS) is 21.1. The molecule has 0 saturated heterocycles. The van der Waals surface area contributed by atoms with E-state index in [9.17, 15) is 0 Å². The molecule has 0 bridgehead atoms. The highest BCUT2D eigenvalue weighted by atomic mass is 15.2. The fraction of sp³-hybridized carbons (Fsp3) is 0.386. The van der Waals surface area contributed by atoms with Crippen LogP contribution in [0.5, 0.6) is 0 Å². The van der Waals surface area contributed by atoms with Crippen molar-refractivity contribution in [1.29, 1.82) is 0 Å². The van der Waals surface area contributed by atoms with E-state index < -0.39 is 0 Å². The average Bonchev–Trinajstić information content (AvgIpc) is 1.42. The first-order valence-corrected chi connectivity index (χ1v) is 34.9. The molecule has 3 nitrogen and oxygen atoms in total. The van der Waals surface area contributed by atoms with E-state index in [-0.39, 0.29) is 55.7 Å². The van der Waals surface area contributed by atoms with Gasteiger partial charge in [0, 0.05) is 66.9 Å². The average molecular weight is 1210 g/mol. The van der Waals surface area contributed by atoms with Crippen molar-refractivity contribution in [2.24, 2.45) is 0 Å². The Morgan fingerprint density at radius 2 is 0.967 bits per heavy atom. The minimum Gasteiger partial charge on any atom is -0.400 e. The number of anilines is 7. The first-order valence-electron chi connectivity index (χ1n) is 34.9. The van der Waals surface area contributed by atoms with E-state index in [1.807, 2.05) is 0 Å². The molecule has 3 aliphatic heterocycles. The largest absolute Gasteiger partial charge is 0.400 e. The van der Waals surface area contributed by atoms with Crippen molar-refractivity contribution >= 4 is 57.6 Å². The minimum atomic E-state index is -0.266. The van der Waals surface area contributed by atoms with Crippen LogP contribution in [0.1, 0.15) is 226 Å². The summed E-state index contributed by atoms with van der Waals surface area (Å²) in [6.45, 7) is 46.7. The van der Waals surface area contributed by atoms with Crippen molar-refractivity contribution in [3.05, 3.63) is 219 Å². The molecule has 0 radical (unpaired) electrons. The third-order valence-corrected chi connectivity index (χ3v) is 24.9. The maximum atomic E-state index is 3.07. The second kappa shape index (κ2) is 19.1. The SMILES string of the molecule is CC(C)(C)c1ccc(N(c2ccc3c(c2)-c2ccccc2C3(C)C)c2cc3c4c(c2)N(c2ccc(C(C)(C)C)cc2-c2ccccc2)c2c(ccc5c2-c2cc6c(cc2C5(C)C)C(C)(C)CCC6(C)C)B4N2c4c-3cc(C(C)(C)C)cc4C3(C)CCCCC23C)cc1. The van der Waals surface area contributed by atoms with Crippen LogP contribution in [0.2, 0.25) is 0 Å². The van der Waals surface area contributed by atoms with E-state index in [2.05, 4.69) is 310 Å². The zero-order valence-electron chi connectivity index (χ0n) is 58.8. The van der Waals surface area contributed by atoms with Crippen LogP contribution < -0.4 is 25.5 Å². The van der Waals surface area contributed by atoms with Gasteiger partial charge in [-0.05, 0) is 215 Å². The van der Waals surface area contributed by atoms with Crippen molar-refractivity contribution in [2.45, 2.75) is 219 Å². The van der Waals surface area contributed by atoms with Gasteiger partial charge in [0.15, 0.2) is 0 Å². The fourth-order valence-corrected chi connectivity index (χ4v) is 19.0. The van der Waals surface area contributed by atoms with Gasteiger partial charge in [-0.1, -0.05) is 241 Å². The van der Waals surface area contributed by atoms with Crippen molar-refractivity contribution in [3.8, 4) is 44.5 Å². The van der Waals surface area contributed by atoms with Crippen LogP contribution in [-0.4, -0.2) is 12.4 Å². The fourth-order valence-electron chi connectivity index (χ4n) is 19.0. The zero-order chi connectivity index (χ0) is 64.7. The highest BCUT2D eigenvalue weighted by Gasteiger charge is 2.64. The molecule has 9 aromatic rings. The number of hydrogen-bond donors (Lipinski definition) is 0. The summed E-state index contributed by atoms with van der Waals surface area (Å²) in [6, 6.07) is 66.4. The van der Waals surface area contributed by atoms with Gasteiger partial charge in [0.25, 0.3) is 0 Å². The third kappa shape index (κ3) is 8.12. The highest BCUT2D eigenvalue weighted by molar-refractivity contribution is 6.93. The molecule has 0 aromatic heterocycles. The molecule has 4 heteroatoms. The second-order valence-corrected chi connectivity index (χ2v) is 35.2. The zero-order valence-corrected chi connectivity index (χ0v) is 58.8. The lowest BCUT2D eigenvalue weighted by atomic mass is 9.42. The van der Waals surface area contributed by atoms with Gasteiger partial charge in [-0.15, -0.1) is 0 Å². The number of rotatable bonds is 5. The highest BCUT2D eigenvalue weighted by Crippen LogP contribution is 2.66. The molecule has 16 rings (SSSR count). The van der Waals surface area contributed by atoms with Crippen LogP contribution in [0.25, 0.3) is 44.5 Å². The molecule has 3 heterocycles.